The molecule has 0 bridgehead atoms. The summed E-state index contributed by atoms with van der Waals surface area (Å²) in [5.74, 6) is -0.468. The Kier molecular flexibility index (Phi) is 3.13. The maximum absolute atomic E-state index is 12.8. The predicted molar refractivity (Wildman–Crippen MR) is 60.1 cm³/mol. The number of amides is 1. The van der Waals surface area contributed by atoms with Crippen molar-refractivity contribution in [3.8, 4) is 0 Å². The number of nitrogens with one attached hydrogen (secondary N) is 1. The van der Waals surface area contributed by atoms with Crippen LogP contribution in [-0.2, 0) is 0 Å². The van der Waals surface area contributed by atoms with E-state index in [1.54, 1.807) is 12.1 Å². The van der Waals surface area contributed by atoms with Crippen molar-refractivity contribution >= 4 is 11.6 Å². The molecule has 0 atom stereocenters. The lowest BCUT2D eigenvalue weighted by Crippen LogP contribution is -2.31. The van der Waals surface area contributed by atoms with Crippen LogP contribution in [0.3, 0.4) is 0 Å². The minimum Gasteiger partial charge on any atom is -0.306 e. The molecule has 0 fully saturated rings. The molecule has 0 aliphatic carbocycles. The Hall–Kier alpha value is -2.24. The first-order chi connectivity index (χ1) is 8.22. The SMILES string of the molecule is CCN(C(=O)c1ncn[nH]1)c1ccc(F)cc1. The number of carbonyl (C=O) groups excluding carboxylic acids is 1. The Bertz CT molecular complexity index is 495. The van der Waals surface area contributed by atoms with Crippen LogP contribution in [0.25, 0.3) is 0 Å². The van der Waals surface area contributed by atoms with Crippen molar-refractivity contribution in [3.05, 3.63) is 42.2 Å². The fourth-order valence-corrected chi connectivity index (χ4v) is 1.50. The molecule has 0 saturated heterocycles. The standard InChI is InChI=1S/C11H11FN4O/c1-2-16(9-5-3-8(12)4-6-9)11(17)10-13-7-14-15-10/h3-7H,2H2,1H3,(H,13,14,15). The number of carbonyl (C=O) groups is 1. The van der Waals surface area contributed by atoms with Crippen LogP contribution in [0.2, 0.25) is 0 Å². The molecular weight excluding hydrogens is 223 g/mol. The van der Waals surface area contributed by atoms with Gasteiger partial charge in [0.2, 0.25) is 5.82 Å². The molecule has 6 heteroatoms. The van der Waals surface area contributed by atoms with Crippen molar-refractivity contribution in [3.63, 3.8) is 0 Å². The van der Waals surface area contributed by atoms with Gasteiger partial charge in [0, 0.05) is 12.2 Å². The van der Waals surface area contributed by atoms with E-state index in [4.69, 9.17) is 0 Å². The van der Waals surface area contributed by atoms with Gasteiger partial charge in [-0.15, -0.1) is 0 Å². The monoisotopic (exact) mass is 234 g/mol. The maximum atomic E-state index is 12.8. The Balaban J connectivity index is 2.28. The van der Waals surface area contributed by atoms with Crippen molar-refractivity contribution in [1.29, 1.82) is 0 Å². The smallest absolute Gasteiger partial charge is 0.295 e. The Morgan fingerprint density at radius 3 is 2.65 bits per heavy atom. The van der Waals surface area contributed by atoms with E-state index >= 15 is 0 Å². The van der Waals surface area contributed by atoms with E-state index < -0.39 is 0 Å². The normalized spacial score (nSPS) is 10.2. The molecule has 0 spiro atoms. The molecule has 17 heavy (non-hydrogen) atoms. The molecule has 2 rings (SSSR count). The van der Waals surface area contributed by atoms with Gasteiger partial charge < -0.3 is 4.90 Å². The van der Waals surface area contributed by atoms with Gasteiger partial charge in [0.1, 0.15) is 12.1 Å². The average Bonchev–Trinajstić information content (AvgIpc) is 2.86. The van der Waals surface area contributed by atoms with E-state index in [1.165, 1.54) is 23.4 Å². The van der Waals surface area contributed by atoms with Crippen molar-refractivity contribution < 1.29 is 9.18 Å². The molecule has 1 aromatic carbocycles. The van der Waals surface area contributed by atoms with Crippen LogP contribution in [0, 0.1) is 5.82 Å². The molecule has 5 nitrogen and oxygen atoms in total. The molecule has 1 N–H and O–H groups in total. The van der Waals surface area contributed by atoms with Crippen LogP contribution in [0.4, 0.5) is 10.1 Å². The van der Waals surface area contributed by atoms with E-state index in [2.05, 4.69) is 15.2 Å². The number of aromatic nitrogens is 3. The van der Waals surface area contributed by atoms with Crippen molar-refractivity contribution in [1.82, 2.24) is 15.2 Å². The van der Waals surface area contributed by atoms with Crippen LogP contribution in [0.15, 0.2) is 30.6 Å². The van der Waals surface area contributed by atoms with E-state index in [0.29, 0.717) is 12.2 Å². The number of nitrogens with zero attached hydrogens (tertiary/aromatic N) is 3. The average molecular weight is 234 g/mol. The summed E-state index contributed by atoms with van der Waals surface area (Å²) in [5, 5.41) is 6.13. The zero-order valence-electron chi connectivity index (χ0n) is 9.22. The fraction of sp³-hybridized carbons (Fsp3) is 0.182. The highest BCUT2D eigenvalue weighted by molar-refractivity contribution is 6.03. The van der Waals surface area contributed by atoms with E-state index in [1.807, 2.05) is 6.92 Å². The summed E-state index contributed by atoms with van der Waals surface area (Å²) < 4.78 is 12.8. The lowest BCUT2D eigenvalue weighted by molar-refractivity contribution is 0.0979. The van der Waals surface area contributed by atoms with Crippen LogP contribution < -0.4 is 4.90 Å². The topological polar surface area (TPSA) is 61.9 Å². The summed E-state index contributed by atoms with van der Waals surface area (Å²) in [6, 6.07) is 5.72. The first kappa shape index (κ1) is 11.3. The number of hydrogen-bond donors (Lipinski definition) is 1. The van der Waals surface area contributed by atoms with Gasteiger partial charge in [-0.3, -0.25) is 9.89 Å². The van der Waals surface area contributed by atoms with E-state index in [-0.39, 0.29) is 17.5 Å². The number of anilines is 1. The second-order valence-corrected chi connectivity index (χ2v) is 3.36. The van der Waals surface area contributed by atoms with Crippen molar-refractivity contribution in [2.24, 2.45) is 0 Å². The maximum Gasteiger partial charge on any atom is 0.295 e. The summed E-state index contributed by atoms with van der Waals surface area (Å²) in [6.07, 6.45) is 1.27. The zero-order chi connectivity index (χ0) is 12.3. The quantitative estimate of drug-likeness (QED) is 0.877. The van der Waals surface area contributed by atoms with Crippen molar-refractivity contribution in [2.45, 2.75) is 6.92 Å². The Labute approximate surface area is 97.3 Å². The Morgan fingerprint density at radius 1 is 1.41 bits per heavy atom. The zero-order valence-corrected chi connectivity index (χ0v) is 9.22. The third-order valence-electron chi connectivity index (χ3n) is 2.32. The van der Waals surface area contributed by atoms with Crippen LogP contribution in [-0.4, -0.2) is 27.6 Å². The van der Waals surface area contributed by atoms with Crippen LogP contribution in [0.5, 0.6) is 0 Å². The largest absolute Gasteiger partial charge is 0.306 e. The summed E-state index contributed by atoms with van der Waals surface area (Å²) in [4.78, 5) is 17.3. The van der Waals surface area contributed by atoms with E-state index in [0.717, 1.165) is 0 Å². The summed E-state index contributed by atoms with van der Waals surface area (Å²) in [6.45, 7) is 2.29. The first-order valence-corrected chi connectivity index (χ1v) is 5.15. The van der Waals surface area contributed by atoms with Gasteiger partial charge in [0.25, 0.3) is 5.91 Å². The fourth-order valence-electron chi connectivity index (χ4n) is 1.50. The molecule has 0 aliphatic heterocycles. The molecule has 0 radical (unpaired) electrons. The van der Waals surface area contributed by atoms with Gasteiger partial charge in [0.15, 0.2) is 0 Å². The number of benzene rings is 1. The number of halogens is 1. The highest BCUT2D eigenvalue weighted by Gasteiger charge is 2.18. The third kappa shape index (κ3) is 2.30. The molecule has 1 heterocycles. The summed E-state index contributed by atoms with van der Waals surface area (Å²) in [7, 11) is 0. The second-order valence-electron chi connectivity index (χ2n) is 3.36. The van der Waals surface area contributed by atoms with Crippen molar-refractivity contribution in [2.75, 3.05) is 11.4 Å². The highest BCUT2D eigenvalue weighted by atomic mass is 19.1. The first-order valence-electron chi connectivity index (χ1n) is 5.15. The van der Waals surface area contributed by atoms with E-state index in [9.17, 15) is 9.18 Å². The van der Waals surface area contributed by atoms with Crippen LogP contribution >= 0.6 is 0 Å². The summed E-state index contributed by atoms with van der Waals surface area (Å²) >= 11 is 0. The number of rotatable bonds is 3. The Morgan fingerprint density at radius 2 is 2.12 bits per heavy atom. The van der Waals surface area contributed by atoms with Gasteiger partial charge in [-0.2, -0.15) is 5.10 Å². The van der Waals surface area contributed by atoms with Gasteiger partial charge in [-0.1, -0.05) is 0 Å². The second kappa shape index (κ2) is 4.73. The van der Waals surface area contributed by atoms with Gasteiger partial charge in [-0.25, -0.2) is 9.37 Å². The molecule has 1 aromatic heterocycles. The number of H-pyrrole nitrogens is 1. The molecule has 0 unspecified atom stereocenters. The van der Waals surface area contributed by atoms with Gasteiger partial charge >= 0.3 is 0 Å². The highest BCUT2D eigenvalue weighted by Crippen LogP contribution is 2.16. The number of aromatic amines is 1. The van der Waals surface area contributed by atoms with Crippen LogP contribution in [0.1, 0.15) is 17.5 Å². The molecule has 88 valence electrons. The number of hydrogen-bond acceptors (Lipinski definition) is 3. The molecule has 2 aromatic rings. The van der Waals surface area contributed by atoms with Gasteiger partial charge in [0.05, 0.1) is 0 Å². The molecule has 0 aliphatic rings. The molecule has 0 saturated carbocycles. The third-order valence-corrected chi connectivity index (χ3v) is 2.32. The summed E-state index contributed by atoms with van der Waals surface area (Å²) in [5.41, 5.74) is 0.621. The predicted octanol–water partition coefficient (Wildman–Crippen LogP) is 1.61. The van der Waals surface area contributed by atoms with Gasteiger partial charge in [-0.05, 0) is 31.2 Å². The minimum atomic E-state index is -0.336. The molecule has 1 amide bonds. The minimum absolute atomic E-state index is 0.163. The lowest BCUT2D eigenvalue weighted by atomic mass is 10.2. The lowest BCUT2D eigenvalue weighted by Gasteiger charge is -2.19. The molecular formula is C11H11FN4O.